The fraction of sp³-hybridized carbons (Fsp3) is 0.409. The van der Waals surface area contributed by atoms with Crippen molar-refractivity contribution in [1.82, 2.24) is 4.90 Å². The fourth-order valence-corrected chi connectivity index (χ4v) is 3.62. The quantitative estimate of drug-likeness (QED) is 0.862. The summed E-state index contributed by atoms with van der Waals surface area (Å²) in [6, 6.07) is 16.5. The average Bonchev–Trinajstić information content (AvgIpc) is 2.71. The van der Waals surface area contributed by atoms with Gasteiger partial charge in [0.1, 0.15) is 0 Å². The molecule has 0 aliphatic carbocycles. The first kappa shape index (κ1) is 19.1. The Bertz CT molecular complexity index is 747. The Balaban J connectivity index is 1.54. The second-order valence-electron chi connectivity index (χ2n) is 6.91. The number of aryl methyl sites for hydroxylation is 1. The van der Waals surface area contributed by atoms with Crippen LogP contribution in [0.3, 0.4) is 0 Å². The maximum atomic E-state index is 12.6. The summed E-state index contributed by atoms with van der Waals surface area (Å²) in [5.41, 5.74) is 4.58. The Morgan fingerprint density at radius 3 is 2.19 bits per heavy atom. The van der Waals surface area contributed by atoms with Gasteiger partial charge in [-0.25, -0.2) is 4.79 Å². The predicted octanol–water partition coefficient (Wildman–Crippen LogP) is 4.20. The number of carbonyl (C=O) groups is 1. The molecule has 0 bridgehead atoms. The molecule has 0 radical (unpaired) electrons. The van der Waals surface area contributed by atoms with Crippen LogP contribution in [-0.4, -0.2) is 50.2 Å². The molecule has 0 spiro atoms. The SMILES string of the molecule is CCN(CC)c1ccc(NC(=O)N2CCN(c3ccccc3C)CC2)cc1. The number of hydrogen-bond acceptors (Lipinski definition) is 3. The molecular formula is C22H30N4O. The molecule has 5 heteroatoms. The summed E-state index contributed by atoms with van der Waals surface area (Å²) in [5.74, 6) is 0. The topological polar surface area (TPSA) is 38.8 Å². The van der Waals surface area contributed by atoms with Crippen molar-refractivity contribution >= 4 is 23.1 Å². The van der Waals surface area contributed by atoms with Gasteiger partial charge in [-0.2, -0.15) is 0 Å². The summed E-state index contributed by atoms with van der Waals surface area (Å²) in [5, 5.41) is 3.03. The molecule has 1 aliphatic heterocycles. The van der Waals surface area contributed by atoms with Gasteiger partial charge in [0.25, 0.3) is 0 Å². The van der Waals surface area contributed by atoms with Crippen LogP contribution in [0.4, 0.5) is 21.9 Å². The molecule has 0 atom stereocenters. The van der Waals surface area contributed by atoms with Gasteiger partial charge in [-0.3, -0.25) is 0 Å². The molecule has 1 aliphatic rings. The normalized spacial score (nSPS) is 14.2. The van der Waals surface area contributed by atoms with Gasteiger partial charge in [-0.15, -0.1) is 0 Å². The van der Waals surface area contributed by atoms with E-state index in [1.165, 1.54) is 16.9 Å². The van der Waals surface area contributed by atoms with Crippen molar-refractivity contribution in [3.8, 4) is 0 Å². The average molecular weight is 367 g/mol. The number of anilines is 3. The van der Waals surface area contributed by atoms with Gasteiger partial charge >= 0.3 is 6.03 Å². The van der Waals surface area contributed by atoms with Crippen LogP contribution >= 0.6 is 0 Å². The second-order valence-corrected chi connectivity index (χ2v) is 6.91. The highest BCUT2D eigenvalue weighted by molar-refractivity contribution is 5.89. The third kappa shape index (κ3) is 4.54. The van der Waals surface area contributed by atoms with Crippen LogP contribution in [0.15, 0.2) is 48.5 Å². The lowest BCUT2D eigenvalue weighted by Crippen LogP contribution is -2.50. The van der Waals surface area contributed by atoms with E-state index in [1.54, 1.807) is 0 Å². The van der Waals surface area contributed by atoms with E-state index >= 15 is 0 Å². The Hall–Kier alpha value is -2.69. The van der Waals surface area contributed by atoms with E-state index in [-0.39, 0.29) is 6.03 Å². The fourth-order valence-electron chi connectivity index (χ4n) is 3.62. The highest BCUT2D eigenvalue weighted by Gasteiger charge is 2.22. The van der Waals surface area contributed by atoms with Crippen molar-refractivity contribution < 1.29 is 4.79 Å². The molecule has 1 heterocycles. The van der Waals surface area contributed by atoms with Crippen LogP contribution in [0.25, 0.3) is 0 Å². The van der Waals surface area contributed by atoms with E-state index in [1.807, 2.05) is 17.0 Å². The number of nitrogens with one attached hydrogen (secondary N) is 1. The van der Waals surface area contributed by atoms with Crippen molar-refractivity contribution in [2.75, 3.05) is 54.4 Å². The molecular weight excluding hydrogens is 336 g/mol. The Labute approximate surface area is 162 Å². The smallest absolute Gasteiger partial charge is 0.321 e. The van der Waals surface area contributed by atoms with E-state index in [2.05, 4.69) is 72.3 Å². The number of amides is 2. The van der Waals surface area contributed by atoms with Crippen molar-refractivity contribution in [2.45, 2.75) is 20.8 Å². The molecule has 0 aromatic heterocycles. The lowest BCUT2D eigenvalue weighted by Gasteiger charge is -2.36. The summed E-state index contributed by atoms with van der Waals surface area (Å²) in [6.45, 7) is 11.6. The first-order chi connectivity index (χ1) is 13.1. The monoisotopic (exact) mass is 366 g/mol. The van der Waals surface area contributed by atoms with Gasteiger partial charge in [0, 0.05) is 56.3 Å². The van der Waals surface area contributed by atoms with Gasteiger partial charge in [-0.1, -0.05) is 18.2 Å². The first-order valence-corrected chi connectivity index (χ1v) is 9.84. The number of nitrogens with zero attached hydrogens (tertiary/aromatic N) is 3. The highest BCUT2D eigenvalue weighted by atomic mass is 16.2. The molecule has 2 amide bonds. The van der Waals surface area contributed by atoms with Crippen molar-refractivity contribution in [3.05, 3.63) is 54.1 Å². The summed E-state index contributed by atoms with van der Waals surface area (Å²) < 4.78 is 0. The first-order valence-electron chi connectivity index (χ1n) is 9.84. The molecule has 144 valence electrons. The zero-order chi connectivity index (χ0) is 19.2. The van der Waals surface area contributed by atoms with Crippen LogP contribution in [0.2, 0.25) is 0 Å². The number of para-hydroxylation sites is 1. The van der Waals surface area contributed by atoms with E-state index in [4.69, 9.17) is 0 Å². The summed E-state index contributed by atoms with van der Waals surface area (Å²) >= 11 is 0. The van der Waals surface area contributed by atoms with Crippen LogP contribution in [0, 0.1) is 6.92 Å². The molecule has 2 aromatic carbocycles. The maximum Gasteiger partial charge on any atom is 0.321 e. The van der Waals surface area contributed by atoms with Crippen molar-refractivity contribution in [3.63, 3.8) is 0 Å². The molecule has 1 N–H and O–H groups in total. The van der Waals surface area contributed by atoms with Crippen molar-refractivity contribution in [1.29, 1.82) is 0 Å². The van der Waals surface area contributed by atoms with Gasteiger partial charge in [0.15, 0.2) is 0 Å². The predicted molar refractivity (Wildman–Crippen MR) is 114 cm³/mol. The summed E-state index contributed by atoms with van der Waals surface area (Å²) in [7, 11) is 0. The zero-order valence-corrected chi connectivity index (χ0v) is 16.6. The molecule has 0 saturated carbocycles. The van der Waals surface area contributed by atoms with Crippen LogP contribution in [-0.2, 0) is 0 Å². The third-order valence-corrected chi connectivity index (χ3v) is 5.27. The minimum absolute atomic E-state index is 0.0185. The van der Waals surface area contributed by atoms with Gasteiger partial charge < -0.3 is 20.0 Å². The highest BCUT2D eigenvalue weighted by Crippen LogP contribution is 2.22. The molecule has 3 rings (SSSR count). The minimum Gasteiger partial charge on any atom is -0.372 e. The second kappa shape index (κ2) is 8.80. The Morgan fingerprint density at radius 2 is 1.59 bits per heavy atom. The van der Waals surface area contributed by atoms with Gasteiger partial charge in [0.2, 0.25) is 0 Å². The molecule has 27 heavy (non-hydrogen) atoms. The molecule has 1 fully saturated rings. The van der Waals surface area contributed by atoms with Crippen LogP contribution < -0.4 is 15.1 Å². The van der Waals surface area contributed by atoms with Crippen LogP contribution in [0.5, 0.6) is 0 Å². The lowest BCUT2D eigenvalue weighted by atomic mass is 10.1. The number of piperazine rings is 1. The lowest BCUT2D eigenvalue weighted by molar-refractivity contribution is 0.208. The number of hydrogen-bond donors (Lipinski definition) is 1. The Kier molecular flexibility index (Phi) is 6.22. The zero-order valence-electron chi connectivity index (χ0n) is 16.6. The van der Waals surface area contributed by atoms with E-state index in [9.17, 15) is 4.79 Å². The summed E-state index contributed by atoms with van der Waals surface area (Å²) in [6.07, 6.45) is 0. The third-order valence-electron chi connectivity index (χ3n) is 5.27. The van der Waals surface area contributed by atoms with Crippen molar-refractivity contribution in [2.24, 2.45) is 0 Å². The van der Waals surface area contributed by atoms with Crippen LogP contribution in [0.1, 0.15) is 19.4 Å². The number of benzene rings is 2. The largest absolute Gasteiger partial charge is 0.372 e. The number of rotatable bonds is 5. The van der Waals surface area contributed by atoms with E-state index < -0.39 is 0 Å². The summed E-state index contributed by atoms with van der Waals surface area (Å²) in [4.78, 5) is 19.1. The van der Waals surface area contributed by atoms with Gasteiger partial charge in [0.05, 0.1) is 0 Å². The molecule has 2 aromatic rings. The minimum atomic E-state index is -0.0185. The number of urea groups is 1. The standard InChI is InChI=1S/C22H30N4O/c1-4-24(5-2)20-12-10-19(11-13-20)23-22(27)26-16-14-25(15-17-26)21-9-7-6-8-18(21)3/h6-13H,4-5,14-17H2,1-3H3,(H,23,27). The van der Waals surface area contributed by atoms with E-state index in [0.717, 1.165) is 45.0 Å². The molecule has 5 nitrogen and oxygen atoms in total. The number of carbonyl (C=O) groups excluding carboxylic acids is 1. The van der Waals surface area contributed by atoms with Gasteiger partial charge in [-0.05, 0) is 56.7 Å². The molecule has 1 saturated heterocycles. The maximum absolute atomic E-state index is 12.6. The molecule has 0 unspecified atom stereocenters. The van der Waals surface area contributed by atoms with E-state index in [0.29, 0.717) is 0 Å². The Morgan fingerprint density at radius 1 is 0.963 bits per heavy atom.